The zero-order valence-electron chi connectivity index (χ0n) is 21.0. The van der Waals surface area contributed by atoms with E-state index in [2.05, 4.69) is 42.4 Å². The normalized spacial score (nSPS) is 18.7. The summed E-state index contributed by atoms with van der Waals surface area (Å²) in [5.74, 6) is -1.24. The minimum Gasteiger partial charge on any atom is -0.448 e. The van der Waals surface area contributed by atoms with Crippen LogP contribution in [0.3, 0.4) is 0 Å². The number of ether oxygens (including phenoxy) is 1. The van der Waals surface area contributed by atoms with Crippen molar-refractivity contribution in [3.63, 3.8) is 0 Å². The highest BCUT2D eigenvalue weighted by molar-refractivity contribution is 14.1. The highest BCUT2D eigenvalue weighted by Crippen LogP contribution is 2.42. The molecule has 40 heavy (non-hydrogen) atoms. The number of β-lactam (4-membered cyclic amide) rings is 1. The van der Waals surface area contributed by atoms with Crippen LogP contribution in [0.2, 0.25) is 0 Å². The third-order valence-electron chi connectivity index (χ3n) is 6.17. The summed E-state index contributed by atoms with van der Waals surface area (Å²) in [7, 11) is 1.28. The number of halogens is 1. The summed E-state index contributed by atoms with van der Waals surface area (Å²) in [5.41, 5.74) is 8.05. The summed E-state index contributed by atoms with van der Waals surface area (Å²) in [6.07, 6.45) is -0.663. The first-order valence-electron chi connectivity index (χ1n) is 12.0. The number of amides is 2. The number of rotatable bonds is 9. The average Bonchev–Trinajstić information content (AvgIpc) is 3.42. The number of nitrogens with zero attached hydrogens (tertiary/aromatic N) is 4. The van der Waals surface area contributed by atoms with Gasteiger partial charge in [0.05, 0.1) is 0 Å². The van der Waals surface area contributed by atoms with Gasteiger partial charge in [-0.1, -0.05) is 88.4 Å². The van der Waals surface area contributed by atoms with Crippen molar-refractivity contribution in [3.05, 3.63) is 88.9 Å². The van der Waals surface area contributed by atoms with E-state index in [4.69, 9.17) is 15.3 Å². The summed E-state index contributed by atoms with van der Waals surface area (Å²) in [6, 6.07) is 18.0. The van der Waals surface area contributed by atoms with Gasteiger partial charge in [0.15, 0.2) is 11.2 Å². The Morgan fingerprint density at radius 1 is 1.18 bits per heavy atom. The molecule has 206 valence electrons. The summed E-state index contributed by atoms with van der Waals surface area (Å²) in [5, 5.41) is 6.06. The standard InChI is InChI=1S/C26H23IN6O5S2/c1-37-31-17(21-30-26(28)40-32-21)22(34)29-18-23(35)33-19(16(12-27)13-39-24(18)33)25(36)38-20(14-8-4-2-5-9-14)15-10-6-3-7-11-15/h2-11,18,20,24H,12-13H2,1H3,(H,29,34)(H2,28,30,32)/b31-17+. The molecule has 1 fully saturated rings. The van der Waals surface area contributed by atoms with Gasteiger partial charge in [-0.05, 0) is 16.7 Å². The highest BCUT2D eigenvalue weighted by atomic mass is 127. The molecule has 14 heteroatoms. The Labute approximate surface area is 251 Å². The Morgan fingerprint density at radius 2 is 1.82 bits per heavy atom. The van der Waals surface area contributed by atoms with Crippen molar-refractivity contribution in [2.75, 3.05) is 23.0 Å². The molecule has 0 spiro atoms. The van der Waals surface area contributed by atoms with Gasteiger partial charge in [0, 0.05) is 21.7 Å². The number of aromatic nitrogens is 2. The number of anilines is 1. The maximum Gasteiger partial charge on any atom is 0.356 e. The molecular weight excluding hydrogens is 667 g/mol. The molecule has 0 saturated carbocycles. The minimum atomic E-state index is -0.895. The number of hydrogen-bond acceptors (Lipinski definition) is 11. The third kappa shape index (κ3) is 5.55. The number of benzene rings is 2. The van der Waals surface area contributed by atoms with E-state index >= 15 is 0 Å². The second-order valence-electron chi connectivity index (χ2n) is 8.63. The number of fused-ring (bicyclic) bond motifs is 1. The van der Waals surface area contributed by atoms with Crippen molar-refractivity contribution in [2.24, 2.45) is 5.16 Å². The van der Waals surface area contributed by atoms with E-state index in [0.29, 0.717) is 10.2 Å². The molecule has 0 aliphatic carbocycles. The van der Waals surface area contributed by atoms with Crippen molar-refractivity contribution in [2.45, 2.75) is 17.5 Å². The van der Waals surface area contributed by atoms with Gasteiger partial charge < -0.3 is 20.6 Å². The minimum absolute atomic E-state index is 0.00833. The summed E-state index contributed by atoms with van der Waals surface area (Å²) in [6.45, 7) is 0. The van der Waals surface area contributed by atoms with Crippen LogP contribution in [-0.2, 0) is 24.0 Å². The lowest BCUT2D eigenvalue weighted by molar-refractivity contribution is -0.154. The SMILES string of the molecule is CO/N=C(/C(=O)NC1C(=O)N2C(C(=O)OC(c3ccccc3)c3ccccc3)=C(CI)CSC12)c1nsc(N)n1. The smallest absolute Gasteiger partial charge is 0.356 e. The molecule has 2 aromatic carbocycles. The van der Waals surface area contributed by atoms with Crippen molar-refractivity contribution in [1.29, 1.82) is 0 Å². The maximum absolute atomic E-state index is 13.7. The van der Waals surface area contributed by atoms with Crippen LogP contribution in [0.25, 0.3) is 0 Å². The predicted molar refractivity (Wildman–Crippen MR) is 160 cm³/mol. The van der Waals surface area contributed by atoms with Gasteiger partial charge in [-0.3, -0.25) is 14.5 Å². The lowest BCUT2D eigenvalue weighted by Crippen LogP contribution is -2.71. The van der Waals surface area contributed by atoms with Gasteiger partial charge in [0.25, 0.3) is 11.8 Å². The zero-order chi connectivity index (χ0) is 28.2. The molecule has 11 nitrogen and oxygen atoms in total. The lowest BCUT2D eigenvalue weighted by atomic mass is 10.0. The van der Waals surface area contributed by atoms with E-state index in [0.717, 1.165) is 28.2 Å². The first kappa shape index (κ1) is 28.0. The number of esters is 1. The topological polar surface area (TPSA) is 149 Å². The van der Waals surface area contributed by atoms with Crippen LogP contribution in [0.1, 0.15) is 23.1 Å². The Balaban J connectivity index is 1.37. The summed E-state index contributed by atoms with van der Waals surface area (Å²) < 4.78 is 10.6. The van der Waals surface area contributed by atoms with Gasteiger partial charge in [0.1, 0.15) is 24.2 Å². The largest absolute Gasteiger partial charge is 0.448 e. The maximum atomic E-state index is 13.7. The molecule has 2 aliphatic rings. The molecule has 1 saturated heterocycles. The van der Waals surface area contributed by atoms with E-state index in [1.165, 1.54) is 23.8 Å². The average molecular weight is 691 g/mol. The molecule has 0 radical (unpaired) electrons. The Hall–Kier alpha value is -3.50. The molecule has 2 amide bonds. The van der Waals surface area contributed by atoms with E-state index in [1.807, 2.05) is 60.7 Å². The number of thioether (sulfide) groups is 1. The second kappa shape index (κ2) is 12.3. The molecule has 2 atom stereocenters. The number of carbonyl (C=O) groups excluding carboxylic acids is 3. The first-order valence-corrected chi connectivity index (χ1v) is 15.3. The number of nitrogens with two attached hydrogens (primary N) is 1. The first-order chi connectivity index (χ1) is 19.4. The fraction of sp³-hybridized carbons (Fsp3) is 0.231. The number of oxime groups is 1. The Bertz CT molecular complexity index is 1440. The quantitative estimate of drug-likeness (QED) is 0.0864. The van der Waals surface area contributed by atoms with Gasteiger partial charge in [-0.25, -0.2) is 4.79 Å². The van der Waals surface area contributed by atoms with Crippen LogP contribution in [0.4, 0.5) is 5.13 Å². The van der Waals surface area contributed by atoms with Gasteiger partial charge >= 0.3 is 5.97 Å². The van der Waals surface area contributed by atoms with Crippen LogP contribution in [0.5, 0.6) is 0 Å². The molecular formula is C26H23IN6O5S2. The number of hydrogen-bond donors (Lipinski definition) is 2. The number of nitrogens with one attached hydrogen (secondary N) is 1. The predicted octanol–water partition coefficient (Wildman–Crippen LogP) is 2.89. The van der Waals surface area contributed by atoms with Gasteiger partial charge in [-0.15, -0.1) is 11.8 Å². The zero-order valence-corrected chi connectivity index (χ0v) is 24.8. The van der Waals surface area contributed by atoms with Crippen LogP contribution >= 0.6 is 45.9 Å². The van der Waals surface area contributed by atoms with Crippen molar-refractivity contribution in [3.8, 4) is 0 Å². The number of nitrogen functional groups attached to an aromatic ring is 1. The Kier molecular flexibility index (Phi) is 8.66. The van der Waals surface area contributed by atoms with Crippen molar-refractivity contribution >= 4 is 74.5 Å². The van der Waals surface area contributed by atoms with Gasteiger partial charge in [-0.2, -0.15) is 9.36 Å². The van der Waals surface area contributed by atoms with E-state index in [1.54, 1.807) is 0 Å². The monoisotopic (exact) mass is 690 g/mol. The van der Waals surface area contributed by atoms with Crippen molar-refractivity contribution in [1.82, 2.24) is 19.6 Å². The molecule has 3 heterocycles. The molecule has 2 unspecified atom stereocenters. The summed E-state index contributed by atoms with van der Waals surface area (Å²) in [4.78, 5) is 50.3. The fourth-order valence-corrected chi connectivity index (χ4v) is 7.12. The third-order valence-corrected chi connectivity index (χ3v) is 8.97. The second-order valence-corrected chi connectivity index (χ2v) is 11.3. The molecule has 1 aromatic heterocycles. The molecule has 2 aliphatic heterocycles. The van der Waals surface area contributed by atoms with Crippen LogP contribution in [-0.4, -0.2) is 66.5 Å². The van der Waals surface area contributed by atoms with Crippen LogP contribution in [0.15, 0.2) is 77.1 Å². The summed E-state index contributed by atoms with van der Waals surface area (Å²) >= 11 is 4.53. The number of carbonyl (C=O) groups is 3. The van der Waals surface area contributed by atoms with E-state index in [9.17, 15) is 14.4 Å². The lowest BCUT2D eigenvalue weighted by Gasteiger charge is -2.49. The molecule has 3 N–H and O–H groups in total. The van der Waals surface area contributed by atoms with E-state index in [-0.39, 0.29) is 22.4 Å². The van der Waals surface area contributed by atoms with E-state index < -0.39 is 35.3 Å². The molecule has 3 aromatic rings. The number of alkyl halides is 1. The molecule has 5 rings (SSSR count). The van der Waals surface area contributed by atoms with Crippen LogP contribution in [0, 0.1) is 0 Å². The van der Waals surface area contributed by atoms with Crippen molar-refractivity contribution < 1.29 is 24.0 Å². The fourth-order valence-electron chi connectivity index (χ4n) is 4.34. The van der Waals surface area contributed by atoms with Crippen LogP contribution < -0.4 is 11.1 Å². The highest BCUT2D eigenvalue weighted by Gasteiger charge is 2.55. The van der Waals surface area contributed by atoms with Gasteiger partial charge in [0.2, 0.25) is 11.5 Å². The molecule has 0 bridgehead atoms. The Morgan fingerprint density at radius 3 is 2.38 bits per heavy atom.